The Kier molecular flexibility index (Phi) is 7.72. The average molecular weight is 501 g/mol. The topological polar surface area (TPSA) is 101 Å². The number of thiazole rings is 1. The molecule has 1 aromatic carbocycles. The second-order valence-electron chi connectivity index (χ2n) is 8.71. The Labute approximate surface area is 222 Å². The summed E-state index contributed by atoms with van der Waals surface area (Å²) in [7, 11) is -4.15. The van der Waals surface area contributed by atoms with Crippen molar-refractivity contribution < 1.29 is 48.9 Å². The van der Waals surface area contributed by atoms with Gasteiger partial charge in [0.2, 0.25) is 5.13 Å². The van der Waals surface area contributed by atoms with Gasteiger partial charge < -0.3 is 11.5 Å². The number of ether oxygens (including phenoxy) is 1. The molecule has 2 heterocycles. The number of hydrogen-bond donors (Lipinski definition) is 2. The largest absolute Gasteiger partial charge is 1.00 e. The zero-order valence-corrected chi connectivity index (χ0v) is 22.8. The zero-order chi connectivity index (χ0) is 22.3. The Hall–Kier alpha value is -1.17. The third-order valence-electron chi connectivity index (χ3n) is 6.51. The third kappa shape index (κ3) is 5.11. The van der Waals surface area contributed by atoms with Gasteiger partial charge in [0.25, 0.3) is 0 Å². The molecule has 1 saturated heterocycles. The molecule has 2 aliphatic carbocycles. The van der Waals surface area contributed by atoms with E-state index in [9.17, 15) is 13.2 Å². The van der Waals surface area contributed by atoms with Crippen molar-refractivity contribution in [3.63, 3.8) is 0 Å². The van der Waals surface area contributed by atoms with E-state index in [2.05, 4.69) is 21.1 Å². The molecule has 0 atom stereocenters. The molecule has 0 spiro atoms. The molecule has 0 saturated carbocycles. The molecule has 1 fully saturated rings. The second-order valence-corrected chi connectivity index (χ2v) is 11.1. The van der Waals surface area contributed by atoms with Crippen LogP contribution in [-0.2, 0) is 40.6 Å². The van der Waals surface area contributed by atoms with Gasteiger partial charge in [0.05, 0.1) is 11.7 Å². The van der Waals surface area contributed by atoms with E-state index in [4.69, 9.17) is 4.74 Å². The quantitative estimate of drug-likeness (QED) is 0.586. The first-order valence-corrected chi connectivity index (χ1v) is 13.5. The van der Waals surface area contributed by atoms with Crippen LogP contribution >= 0.6 is 11.3 Å². The van der Waals surface area contributed by atoms with Gasteiger partial charge in [0, 0.05) is 24.3 Å². The summed E-state index contributed by atoms with van der Waals surface area (Å²) in [5.74, 6) is 0. The fourth-order valence-electron chi connectivity index (χ4n) is 5.09. The smallest absolute Gasteiger partial charge is 1.00 e. The van der Waals surface area contributed by atoms with Crippen LogP contribution in [0.3, 0.4) is 0 Å². The van der Waals surface area contributed by atoms with Gasteiger partial charge in [-0.1, -0.05) is 6.07 Å². The number of benzene rings is 1. The van der Waals surface area contributed by atoms with Crippen molar-refractivity contribution in [2.45, 2.75) is 64.3 Å². The summed E-state index contributed by atoms with van der Waals surface area (Å²) in [5.41, 5.74) is 6.46. The van der Waals surface area contributed by atoms with Gasteiger partial charge in [0.1, 0.15) is 0 Å². The number of aromatic nitrogens is 1. The minimum Gasteiger partial charge on any atom is -1.00 e. The molecule has 2 amide bonds. The molecule has 3 aliphatic rings. The number of carbonyl (C=O) groups excluding carboxylic acids is 1. The Morgan fingerprint density at radius 2 is 1.79 bits per heavy atom. The summed E-state index contributed by atoms with van der Waals surface area (Å²) in [5, 5.41) is 5.10. The van der Waals surface area contributed by atoms with Gasteiger partial charge in [-0.25, -0.2) is 18.8 Å². The van der Waals surface area contributed by atoms with Crippen molar-refractivity contribution in [3.8, 4) is 0 Å². The molecular formula is C22H29N4NaO4S2. The van der Waals surface area contributed by atoms with Crippen LogP contribution in [0.2, 0.25) is 0 Å². The van der Waals surface area contributed by atoms with Crippen LogP contribution in [-0.4, -0.2) is 38.7 Å². The Morgan fingerprint density at radius 3 is 2.36 bits per heavy atom. The van der Waals surface area contributed by atoms with E-state index < -0.39 is 16.2 Å². The van der Waals surface area contributed by atoms with Gasteiger partial charge in [-0.05, 0) is 80.5 Å². The van der Waals surface area contributed by atoms with E-state index in [-0.39, 0.29) is 37.0 Å². The van der Waals surface area contributed by atoms with Crippen LogP contribution in [0, 0.1) is 6.92 Å². The number of hydrogen-bond acceptors (Lipinski definition) is 6. The second kappa shape index (κ2) is 10.2. The zero-order valence-electron chi connectivity index (χ0n) is 20.1. The molecule has 5 rings (SSSR count). The molecule has 1 aliphatic heterocycles. The Morgan fingerprint density at radius 1 is 1.15 bits per heavy atom. The molecule has 8 nitrogen and oxygen atoms in total. The number of carbonyl (C=O) groups is 1. The molecular weight excluding hydrogens is 471 g/mol. The standard InChI is InChI=1S/C22H28N4O4S2.Na.H/c1-14-13-31-22(23-14)26(17-8-10-30-11-9-17)32(28,29)25-21(27)24-20-18-6-2-4-15(18)12-16-5-3-7-19(16)20;;/h12-13,17H,2-11H2,1H3,(H2,24,25,27);;/q;+1;-1. The predicted octanol–water partition coefficient (Wildman–Crippen LogP) is 0.597. The van der Waals surface area contributed by atoms with Gasteiger partial charge in [-0.15, -0.1) is 11.3 Å². The van der Waals surface area contributed by atoms with Crippen LogP contribution in [0.4, 0.5) is 15.6 Å². The van der Waals surface area contributed by atoms with Crippen LogP contribution in [0.25, 0.3) is 0 Å². The van der Waals surface area contributed by atoms with E-state index in [1.807, 2.05) is 12.3 Å². The fraction of sp³-hybridized carbons (Fsp3) is 0.545. The minimum atomic E-state index is -4.15. The Bertz CT molecular complexity index is 1120. The molecule has 2 N–H and O–H groups in total. The summed E-state index contributed by atoms with van der Waals surface area (Å²) in [4.78, 5) is 17.4. The van der Waals surface area contributed by atoms with Crippen molar-refractivity contribution in [2.75, 3.05) is 22.8 Å². The minimum absolute atomic E-state index is 0. The molecule has 2 aromatic rings. The van der Waals surface area contributed by atoms with Crippen LogP contribution in [0.1, 0.15) is 55.1 Å². The predicted molar refractivity (Wildman–Crippen MR) is 126 cm³/mol. The summed E-state index contributed by atoms with van der Waals surface area (Å²) < 4.78 is 35.7. The van der Waals surface area contributed by atoms with Gasteiger partial charge >= 0.3 is 45.8 Å². The van der Waals surface area contributed by atoms with E-state index in [0.717, 1.165) is 61.0 Å². The number of urea groups is 1. The van der Waals surface area contributed by atoms with Crippen LogP contribution in [0.15, 0.2) is 11.4 Å². The maximum atomic E-state index is 13.4. The third-order valence-corrected chi connectivity index (χ3v) is 9.02. The average Bonchev–Trinajstić information content (AvgIpc) is 3.49. The van der Waals surface area contributed by atoms with Crippen molar-refractivity contribution in [2.24, 2.45) is 0 Å². The first-order chi connectivity index (χ1) is 15.4. The fourth-order valence-corrected chi connectivity index (χ4v) is 7.53. The van der Waals surface area contributed by atoms with E-state index in [0.29, 0.717) is 31.2 Å². The van der Waals surface area contributed by atoms with Gasteiger partial charge in [0.15, 0.2) is 0 Å². The Balaban J connectivity index is 0.00000162. The van der Waals surface area contributed by atoms with Crippen LogP contribution in [0.5, 0.6) is 0 Å². The number of aryl methyl sites for hydroxylation is 3. The number of amides is 2. The molecule has 0 unspecified atom stereocenters. The van der Waals surface area contributed by atoms with Crippen molar-refractivity contribution >= 4 is 38.4 Å². The van der Waals surface area contributed by atoms with Crippen molar-refractivity contribution in [1.82, 2.24) is 9.71 Å². The van der Waals surface area contributed by atoms with E-state index in [1.165, 1.54) is 26.8 Å². The van der Waals surface area contributed by atoms with Gasteiger partial charge in [-0.3, -0.25) is 0 Å². The number of anilines is 2. The number of nitrogens with zero attached hydrogens (tertiary/aromatic N) is 2. The van der Waals surface area contributed by atoms with Crippen molar-refractivity contribution in [1.29, 1.82) is 0 Å². The van der Waals surface area contributed by atoms with Gasteiger partial charge in [-0.2, -0.15) is 8.42 Å². The SMILES string of the molecule is Cc1csc(N(C2CCOCC2)S(=O)(=O)NC(=O)Nc2c3c(cc4c2CCC4)CCC3)n1.[H-].[Na+]. The van der Waals surface area contributed by atoms with Crippen LogP contribution < -0.4 is 43.9 Å². The molecule has 1 aromatic heterocycles. The normalized spacial score (nSPS) is 17.7. The number of fused-ring (bicyclic) bond motifs is 2. The first-order valence-electron chi connectivity index (χ1n) is 11.2. The maximum Gasteiger partial charge on any atom is 1.00 e. The maximum absolute atomic E-state index is 13.4. The summed E-state index contributed by atoms with van der Waals surface area (Å²) in [6, 6.07) is 1.26. The summed E-state index contributed by atoms with van der Waals surface area (Å²) in [6.07, 6.45) is 7.09. The molecule has 0 bridgehead atoms. The number of rotatable bonds is 5. The molecule has 174 valence electrons. The molecule has 11 heteroatoms. The van der Waals surface area contributed by atoms with E-state index >= 15 is 0 Å². The van der Waals surface area contributed by atoms with E-state index in [1.54, 1.807) is 0 Å². The number of nitrogens with one attached hydrogen (secondary N) is 2. The monoisotopic (exact) mass is 500 g/mol. The first kappa shape index (κ1) is 24.9. The summed E-state index contributed by atoms with van der Waals surface area (Å²) >= 11 is 1.26. The van der Waals surface area contributed by atoms with Crippen molar-refractivity contribution in [3.05, 3.63) is 39.4 Å². The molecule has 33 heavy (non-hydrogen) atoms. The summed E-state index contributed by atoms with van der Waals surface area (Å²) in [6.45, 7) is 2.79. The molecule has 0 radical (unpaired) electrons.